The lowest BCUT2D eigenvalue weighted by atomic mass is 10.0. The number of amides is 2. The molecule has 1 aliphatic rings. The van der Waals surface area contributed by atoms with Gasteiger partial charge in [0.05, 0.1) is 12.0 Å². The largest absolute Gasteiger partial charge is 0.497 e. The molecule has 0 aliphatic carbocycles. The van der Waals surface area contributed by atoms with Crippen LogP contribution in [0.3, 0.4) is 0 Å². The van der Waals surface area contributed by atoms with Crippen molar-refractivity contribution in [1.29, 1.82) is 0 Å². The number of anilines is 1. The number of aryl methyl sites for hydroxylation is 1. The molecule has 3 rings (SSSR count). The fourth-order valence-electron chi connectivity index (χ4n) is 3.81. The summed E-state index contributed by atoms with van der Waals surface area (Å²) in [6.45, 7) is 2.02. The lowest BCUT2D eigenvalue weighted by Crippen LogP contribution is -2.45. The molecular weight excluding hydrogens is 449 g/mol. The third kappa shape index (κ3) is 6.08. The molecule has 0 radical (unpaired) electrons. The molecule has 2 N–H and O–H groups in total. The van der Waals surface area contributed by atoms with Crippen molar-refractivity contribution in [2.75, 3.05) is 25.5 Å². The number of benzene rings is 2. The summed E-state index contributed by atoms with van der Waals surface area (Å²) in [6.07, 6.45) is 2.59. The molecule has 1 atom stereocenters. The van der Waals surface area contributed by atoms with Crippen LogP contribution in [-0.2, 0) is 19.6 Å². The summed E-state index contributed by atoms with van der Waals surface area (Å²) in [4.78, 5) is 24.4. The molecule has 0 bridgehead atoms. The molecule has 2 aromatic rings. The average Bonchev–Trinajstić information content (AvgIpc) is 2.81. The van der Waals surface area contributed by atoms with Gasteiger partial charge in [0.1, 0.15) is 11.6 Å². The Morgan fingerprint density at radius 3 is 2.67 bits per heavy atom. The van der Waals surface area contributed by atoms with Crippen LogP contribution in [0, 0.1) is 12.7 Å². The van der Waals surface area contributed by atoms with Crippen LogP contribution in [-0.4, -0.2) is 50.8 Å². The first-order valence-corrected chi connectivity index (χ1v) is 12.2. The quantitative estimate of drug-likeness (QED) is 0.597. The molecule has 178 valence electrons. The number of sulfonamides is 1. The summed E-state index contributed by atoms with van der Waals surface area (Å²) < 4.78 is 46.4. The standard InChI is InChI=1S/C23H28FN3O5S/c1-16-14-20(9-10-21(16)24)33(30,31)27-13-4-3-7-18(27)11-12-25-22(28)23(29)26-17-6-5-8-19(15-17)32-2/h5-6,8-10,14-15,18H,3-4,7,11-13H2,1-2H3,(H,25,28)(H,26,29)/t18-/m1/s1. The molecule has 2 aromatic carbocycles. The second kappa shape index (κ2) is 10.8. The van der Waals surface area contributed by atoms with Gasteiger partial charge in [0.25, 0.3) is 0 Å². The van der Waals surface area contributed by atoms with E-state index in [1.54, 1.807) is 24.3 Å². The molecule has 1 saturated heterocycles. The normalized spacial score (nSPS) is 16.8. The predicted molar refractivity (Wildman–Crippen MR) is 122 cm³/mol. The van der Waals surface area contributed by atoms with Crippen LogP contribution in [0.15, 0.2) is 47.4 Å². The molecule has 2 amide bonds. The molecule has 0 saturated carbocycles. The molecule has 1 fully saturated rings. The van der Waals surface area contributed by atoms with Gasteiger partial charge in [-0.15, -0.1) is 0 Å². The van der Waals surface area contributed by atoms with Crippen LogP contribution in [0.25, 0.3) is 0 Å². The Kier molecular flexibility index (Phi) is 8.04. The summed E-state index contributed by atoms with van der Waals surface area (Å²) >= 11 is 0. The Morgan fingerprint density at radius 2 is 1.94 bits per heavy atom. The molecule has 0 spiro atoms. The van der Waals surface area contributed by atoms with Crippen LogP contribution in [0.4, 0.5) is 10.1 Å². The van der Waals surface area contributed by atoms with E-state index in [0.29, 0.717) is 30.8 Å². The zero-order valence-electron chi connectivity index (χ0n) is 18.6. The number of carbonyl (C=O) groups excluding carboxylic acids is 2. The monoisotopic (exact) mass is 477 g/mol. The van der Waals surface area contributed by atoms with E-state index < -0.39 is 27.7 Å². The fraction of sp³-hybridized carbons (Fsp3) is 0.391. The first-order valence-electron chi connectivity index (χ1n) is 10.7. The van der Waals surface area contributed by atoms with E-state index >= 15 is 0 Å². The van der Waals surface area contributed by atoms with Gasteiger partial charge in [-0.3, -0.25) is 9.59 Å². The number of rotatable bonds is 7. The molecule has 1 heterocycles. The summed E-state index contributed by atoms with van der Waals surface area (Å²) in [7, 11) is -2.30. The molecule has 0 unspecified atom stereocenters. The highest BCUT2D eigenvalue weighted by atomic mass is 32.2. The minimum Gasteiger partial charge on any atom is -0.497 e. The van der Waals surface area contributed by atoms with Gasteiger partial charge in [-0.1, -0.05) is 12.5 Å². The Balaban J connectivity index is 1.59. The topological polar surface area (TPSA) is 105 Å². The van der Waals surface area contributed by atoms with Gasteiger partial charge in [0, 0.05) is 30.9 Å². The zero-order chi connectivity index (χ0) is 24.0. The molecule has 33 heavy (non-hydrogen) atoms. The van der Waals surface area contributed by atoms with Gasteiger partial charge in [0.2, 0.25) is 10.0 Å². The zero-order valence-corrected chi connectivity index (χ0v) is 19.5. The van der Waals surface area contributed by atoms with Crippen molar-refractivity contribution >= 4 is 27.5 Å². The highest BCUT2D eigenvalue weighted by molar-refractivity contribution is 7.89. The number of hydrogen-bond acceptors (Lipinski definition) is 5. The van der Waals surface area contributed by atoms with Crippen molar-refractivity contribution in [2.24, 2.45) is 0 Å². The van der Waals surface area contributed by atoms with Gasteiger partial charge >= 0.3 is 11.8 Å². The average molecular weight is 478 g/mol. The van der Waals surface area contributed by atoms with Gasteiger partial charge in [-0.25, -0.2) is 12.8 Å². The van der Waals surface area contributed by atoms with E-state index in [4.69, 9.17) is 4.74 Å². The fourth-order valence-corrected chi connectivity index (χ4v) is 5.62. The van der Waals surface area contributed by atoms with Crippen molar-refractivity contribution in [1.82, 2.24) is 9.62 Å². The SMILES string of the molecule is COc1cccc(NC(=O)C(=O)NCC[C@H]2CCCCN2S(=O)(=O)c2ccc(F)c(C)c2)c1. The van der Waals surface area contributed by atoms with E-state index in [1.807, 2.05) is 0 Å². The van der Waals surface area contributed by atoms with Crippen molar-refractivity contribution in [3.05, 3.63) is 53.8 Å². The van der Waals surface area contributed by atoms with Crippen LogP contribution >= 0.6 is 0 Å². The number of methoxy groups -OCH3 is 1. The van der Waals surface area contributed by atoms with E-state index in [0.717, 1.165) is 18.9 Å². The van der Waals surface area contributed by atoms with Gasteiger partial charge in [-0.2, -0.15) is 4.31 Å². The summed E-state index contributed by atoms with van der Waals surface area (Å²) in [6, 6.07) is 10.1. The second-order valence-electron chi connectivity index (χ2n) is 7.91. The van der Waals surface area contributed by atoms with Crippen LogP contribution < -0.4 is 15.4 Å². The van der Waals surface area contributed by atoms with E-state index in [2.05, 4.69) is 10.6 Å². The number of nitrogens with one attached hydrogen (secondary N) is 2. The van der Waals surface area contributed by atoms with E-state index in [-0.39, 0.29) is 23.0 Å². The maximum atomic E-state index is 13.6. The lowest BCUT2D eigenvalue weighted by Gasteiger charge is -2.34. The smallest absolute Gasteiger partial charge is 0.313 e. The van der Waals surface area contributed by atoms with E-state index in [1.165, 1.54) is 30.5 Å². The first-order chi connectivity index (χ1) is 15.7. The van der Waals surface area contributed by atoms with Crippen molar-refractivity contribution < 1.29 is 27.1 Å². The van der Waals surface area contributed by atoms with Crippen molar-refractivity contribution in [2.45, 2.75) is 43.5 Å². The third-order valence-corrected chi connectivity index (χ3v) is 7.55. The van der Waals surface area contributed by atoms with Gasteiger partial charge < -0.3 is 15.4 Å². The number of nitrogens with zero attached hydrogens (tertiary/aromatic N) is 1. The summed E-state index contributed by atoms with van der Waals surface area (Å²) in [5.74, 6) is -1.54. The molecule has 0 aromatic heterocycles. The number of ether oxygens (including phenoxy) is 1. The summed E-state index contributed by atoms with van der Waals surface area (Å²) in [5, 5.41) is 5.05. The maximum absolute atomic E-state index is 13.6. The minimum atomic E-state index is -3.80. The lowest BCUT2D eigenvalue weighted by molar-refractivity contribution is -0.136. The number of carbonyl (C=O) groups is 2. The van der Waals surface area contributed by atoms with Crippen molar-refractivity contribution in [3.8, 4) is 5.75 Å². The second-order valence-corrected chi connectivity index (χ2v) is 9.80. The Bertz CT molecular complexity index is 1120. The molecule has 10 heteroatoms. The Hall–Kier alpha value is -2.98. The maximum Gasteiger partial charge on any atom is 0.313 e. The third-order valence-electron chi connectivity index (χ3n) is 5.61. The molecule has 1 aliphatic heterocycles. The molecular formula is C23H28FN3O5S. The highest BCUT2D eigenvalue weighted by Crippen LogP contribution is 2.27. The Labute approximate surface area is 193 Å². The van der Waals surface area contributed by atoms with Crippen molar-refractivity contribution in [3.63, 3.8) is 0 Å². The van der Waals surface area contributed by atoms with Gasteiger partial charge in [0.15, 0.2) is 0 Å². The predicted octanol–water partition coefficient (Wildman–Crippen LogP) is 2.83. The first kappa shape index (κ1) is 24.7. The summed E-state index contributed by atoms with van der Waals surface area (Å²) in [5.41, 5.74) is 0.688. The Morgan fingerprint density at radius 1 is 1.15 bits per heavy atom. The molecule has 8 nitrogen and oxygen atoms in total. The van der Waals surface area contributed by atoms with Crippen LogP contribution in [0.1, 0.15) is 31.2 Å². The highest BCUT2D eigenvalue weighted by Gasteiger charge is 2.33. The number of hydrogen-bond donors (Lipinski definition) is 2. The van der Waals surface area contributed by atoms with Crippen LogP contribution in [0.2, 0.25) is 0 Å². The van der Waals surface area contributed by atoms with E-state index in [9.17, 15) is 22.4 Å². The van der Waals surface area contributed by atoms with Crippen LogP contribution in [0.5, 0.6) is 5.75 Å². The van der Waals surface area contributed by atoms with Gasteiger partial charge in [-0.05, 0) is 62.1 Å². The minimum absolute atomic E-state index is 0.0509. The number of halogens is 1. The number of piperidine rings is 1.